The Morgan fingerprint density at radius 2 is 1.75 bits per heavy atom. The van der Waals surface area contributed by atoms with Crippen molar-refractivity contribution < 1.29 is 14.2 Å². The fourth-order valence-corrected chi connectivity index (χ4v) is 4.12. The van der Waals surface area contributed by atoms with Gasteiger partial charge in [-0.3, -0.25) is 0 Å². The van der Waals surface area contributed by atoms with E-state index >= 15 is 0 Å². The zero-order valence-corrected chi connectivity index (χ0v) is 14.5. The molecule has 0 bridgehead atoms. The van der Waals surface area contributed by atoms with E-state index in [0.717, 1.165) is 50.2 Å². The summed E-state index contributed by atoms with van der Waals surface area (Å²) in [6.45, 7) is 4.54. The Labute approximate surface area is 143 Å². The molecule has 3 aliphatic rings. The first-order valence-corrected chi connectivity index (χ1v) is 9.62. The summed E-state index contributed by atoms with van der Waals surface area (Å²) in [5, 5.41) is 4.92. The predicted octanol–water partition coefficient (Wildman–Crippen LogP) is 2.84. The van der Waals surface area contributed by atoms with Crippen LogP contribution in [0.4, 0.5) is 0 Å². The summed E-state index contributed by atoms with van der Waals surface area (Å²) in [6.07, 6.45) is 8.69. The average molecular weight is 335 g/mol. The molecule has 3 heterocycles. The first-order valence-electron chi connectivity index (χ1n) is 9.62. The topological polar surface area (TPSA) is 58.4 Å². The highest BCUT2D eigenvalue weighted by Crippen LogP contribution is 2.30. The van der Waals surface area contributed by atoms with Gasteiger partial charge in [0.25, 0.3) is 0 Å². The van der Waals surface area contributed by atoms with Gasteiger partial charge in [-0.1, -0.05) is 19.3 Å². The van der Waals surface area contributed by atoms with Crippen molar-refractivity contribution in [1.82, 2.24) is 14.8 Å². The lowest BCUT2D eigenvalue weighted by Gasteiger charge is -2.25. The molecular formula is C18H29N3O3. The largest absolute Gasteiger partial charge is 0.381 e. The third-order valence-electron chi connectivity index (χ3n) is 5.56. The third kappa shape index (κ3) is 3.81. The number of aromatic nitrogens is 3. The maximum absolute atomic E-state index is 5.92. The molecule has 24 heavy (non-hydrogen) atoms. The molecule has 3 fully saturated rings. The van der Waals surface area contributed by atoms with Crippen LogP contribution in [0.2, 0.25) is 0 Å². The quantitative estimate of drug-likeness (QED) is 0.847. The molecule has 0 N–H and O–H groups in total. The standard InChI is InChI=1S/C18H29N3O3/c1-2-4-14(5-3-1)12-21-18(16-13-23-10-11-24-16)19-17(20-21)15-6-8-22-9-7-15/h14-16H,1-13H2/t16-/m1/s1. The van der Waals surface area contributed by atoms with Gasteiger partial charge in [0.05, 0.1) is 19.8 Å². The van der Waals surface area contributed by atoms with E-state index in [2.05, 4.69) is 4.68 Å². The number of hydrogen-bond donors (Lipinski definition) is 0. The second-order valence-electron chi connectivity index (χ2n) is 7.34. The Hall–Kier alpha value is -0.980. The number of hydrogen-bond acceptors (Lipinski definition) is 5. The molecule has 134 valence electrons. The van der Waals surface area contributed by atoms with Gasteiger partial charge in [0, 0.05) is 25.7 Å². The fraction of sp³-hybridized carbons (Fsp3) is 0.889. The Morgan fingerprint density at radius 1 is 0.917 bits per heavy atom. The number of ether oxygens (including phenoxy) is 3. The SMILES string of the molecule is C1CCC(Cn2nc(C3CCOCC3)nc2[C@H]2COCCO2)CC1. The first-order chi connectivity index (χ1) is 11.9. The maximum Gasteiger partial charge on any atom is 0.158 e. The van der Waals surface area contributed by atoms with Crippen LogP contribution >= 0.6 is 0 Å². The Balaban J connectivity index is 1.54. The lowest BCUT2D eigenvalue weighted by molar-refractivity contribution is -0.0952. The zero-order chi connectivity index (χ0) is 16.2. The van der Waals surface area contributed by atoms with Crippen molar-refractivity contribution in [2.24, 2.45) is 5.92 Å². The van der Waals surface area contributed by atoms with Gasteiger partial charge >= 0.3 is 0 Å². The van der Waals surface area contributed by atoms with Crippen molar-refractivity contribution >= 4 is 0 Å². The summed E-state index contributed by atoms with van der Waals surface area (Å²) >= 11 is 0. The van der Waals surface area contributed by atoms with Crippen LogP contribution in [0.3, 0.4) is 0 Å². The van der Waals surface area contributed by atoms with Crippen LogP contribution < -0.4 is 0 Å². The molecular weight excluding hydrogens is 306 g/mol. The van der Waals surface area contributed by atoms with E-state index in [1.54, 1.807) is 0 Å². The highest BCUT2D eigenvalue weighted by Gasteiger charge is 2.28. The minimum Gasteiger partial charge on any atom is -0.381 e. The smallest absolute Gasteiger partial charge is 0.158 e. The summed E-state index contributed by atoms with van der Waals surface area (Å²) in [6, 6.07) is 0. The van der Waals surface area contributed by atoms with Crippen molar-refractivity contribution in [3.05, 3.63) is 11.6 Å². The minimum absolute atomic E-state index is 0.0663. The van der Waals surface area contributed by atoms with Crippen molar-refractivity contribution in [2.45, 2.75) is 63.5 Å². The van der Waals surface area contributed by atoms with Crippen LogP contribution in [-0.2, 0) is 20.8 Å². The van der Waals surface area contributed by atoms with Crippen LogP contribution in [0.1, 0.15) is 68.6 Å². The third-order valence-corrected chi connectivity index (χ3v) is 5.56. The molecule has 1 aromatic heterocycles. The molecule has 1 aliphatic carbocycles. The molecule has 0 radical (unpaired) electrons. The van der Waals surface area contributed by atoms with Crippen LogP contribution in [0.15, 0.2) is 0 Å². The molecule has 0 spiro atoms. The van der Waals surface area contributed by atoms with Gasteiger partial charge in [-0.2, -0.15) is 5.10 Å². The van der Waals surface area contributed by atoms with Crippen molar-refractivity contribution in [3.63, 3.8) is 0 Å². The normalized spacial score (nSPS) is 27.4. The maximum atomic E-state index is 5.92. The highest BCUT2D eigenvalue weighted by molar-refractivity contribution is 5.04. The van der Waals surface area contributed by atoms with Crippen molar-refractivity contribution in [1.29, 1.82) is 0 Å². The second kappa shape index (κ2) is 7.93. The average Bonchev–Trinajstić information content (AvgIpc) is 3.08. The van der Waals surface area contributed by atoms with Crippen LogP contribution in [0.5, 0.6) is 0 Å². The summed E-state index contributed by atoms with van der Waals surface area (Å²) in [5.74, 6) is 3.11. The predicted molar refractivity (Wildman–Crippen MR) is 88.9 cm³/mol. The fourth-order valence-electron chi connectivity index (χ4n) is 4.12. The first kappa shape index (κ1) is 16.5. The van der Waals surface area contributed by atoms with Crippen LogP contribution in [-0.4, -0.2) is 47.8 Å². The van der Waals surface area contributed by atoms with Gasteiger partial charge in [0.1, 0.15) is 6.10 Å². The molecule has 6 heteroatoms. The van der Waals surface area contributed by atoms with E-state index in [1.165, 1.54) is 32.1 Å². The van der Waals surface area contributed by atoms with E-state index < -0.39 is 0 Å². The molecule has 0 unspecified atom stereocenters. The summed E-state index contributed by atoms with van der Waals surface area (Å²) in [4.78, 5) is 4.91. The lowest BCUT2D eigenvalue weighted by Crippen LogP contribution is -2.26. The molecule has 1 saturated carbocycles. The zero-order valence-electron chi connectivity index (χ0n) is 14.5. The Bertz CT molecular complexity index is 516. The van der Waals surface area contributed by atoms with Gasteiger partial charge in [0.2, 0.25) is 0 Å². The van der Waals surface area contributed by atoms with E-state index in [0.29, 0.717) is 25.7 Å². The van der Waals surface area contributed by atoms with Gasteiger partial charge < -0.3 is 14.2 Å². The highest BCUT2D eigenvalue weighted by atomic mass is 16.6. The second-order valence-corrected chi connectivity index (χ2v) is 7.34. The monoisotopic (exact) mass is 335 g/mol. The van der Waals surface area contributed by atoms with E-state index in [9.17, 15) is 0 Å². The Morgan fingerprint density at radius 3 is 2.50 bits per heavy atom. The molecule has 1 aromatic rings. The molecule has 0 amide bonds. The number of rotatable bonds is 4. The molecule has 4 rings (SSSR count). The molecule has 2 aliphatic heterocycles. The van der Waals surface area contributed by atoms with Gasteiger partial charge in [-0.05, 0) is 31.6 Å². The van der Waals surface area contributed by atoms with E-state index in [-0.39, 0.29) is 6.10 Å². The van der Waals surface area contributed by atoms with E-state index in [1.807, 2.05) is 0 Å². The molecule has 1 atom stereocenters. The summed E-state index contributed by atoms with van der Waals surface area (Å²) < 4.78 is 19.2. The van der Waals surface area contributed by atoms with Crippen molar-refractivity contribution in [3.8, 4) is 0 Å². The minimum atomic E-state index is -0.0663. The summed E-state index contributed by atoms with van der Waals surface area (Å²) in [5.41, 5.74) is 0. The molecule has 2 saturated heterocycles. The molecule has 0 aromatic carbocycles. The summed E-state index contributed by atoms with van der Waals surface area (Å²) in [7, 11) is 0. The lowest BCUT2D eigenvalue weighted by atomic mass is 9.89. The van der Waals surface area contributed by atoms with Crippen LogP contribution in [0, 0.1) is 5.92 Å². The number of nitrogens with zero attached hydrogens (tertiary/aromatic N) is 3. The van der Waals surface area contributed by atoms with Crippen LogP contribution in [0.25, 0.3) is 0 Å². The molecule has 6 nitrogen and oxygen atoms in total. The van der Waals surface area contributed by atoms with Crippen molar-refractivity contribution in [2.75, 3.05) is 33.0 Å². The van der Waals surface area contributed by atoms with Gasteiger partial charge in [0.15, 0.2) is 11.6 Å². The Kier molecular flexibility index (Phi) is 5.45. The van der Waals surface area contributed by atoms with E-state index in [4.69, 9.17) is 24.3 Å². The van der Waals surface area contributed by atoms with Gasteiger partial charge in [-0.25, -0.2) is 9.67 Å². The van der Waals surface area contributed by atoms with Gasteiger partial charge in [-0.15, -0.1) is 0 Å².